The summed E-state index contributed by atoms with van der Waals surface area (Å²) in [7, 11) is 1.60. The molecule has 3 rings (SSSR count). The lowest BCUT2D eigenvalue weighted by Crippen LogP contribution is -2.55. The number of carbonyl (C=O) groups is 2. The molecule has 0 spiro atoms. The average Bonchev–Trinajstić information content (AvgIpc) is 2.73. The van der Waals surface area contributed by atoms with Gasteiger partial charge in [0, 0.05) is 0 Å². The monoisotopic (exact) mass is 398 g/mol. The van der Waals surface area contributed by atoms with Crippen LogP contribution in [0.2, 0.25) is 0 Å². The van der Waals surface area contributed by atoms with Crippen molar-refractivity contribution in [3.05, 3.63) is 48.5 Å². The molecule has 2 aromatic carbocycles. The fourth-order valence-electron chi connectivity index (χ4n) is 3.13. The van der Waals surface area contributed by atoms with Gasteiger partial charge in [-0.25, -0.2) is 0 Å². The maximum absolute atomic E-state index is 12.8. The first-order valence-corrected chi connectivity index (χ1v) is 9.56. The molecule has 1 N–H and O–H groups in total. The second-order valence-electron chi connectivity index (χ2n) is 7.01. The molecule has 3 atom stereocenters. The van der Waals surface area contributed by atoms with Crippen LogP contribution in [-0.4, -0.2) is 43.7 Å². The van der Waals surface area contributed by atoms with Crippen LogP contribution in [0.1, 0.15) is 20.8 Å². The van der Waals surface area contributed by atoms with Crippen LogP contribution in [0.25, 0.3) is 0 Å². The van der Waals surface area contributed by atoms with Gasteiger partial charge in [0.15, 0.2) is 6.10 Å². The van der Waals surface area contributed by atoms with Crippen LogP contribution in [0, 0.1) is 0 Å². The van der Waals surface area contributed by atoms with E-state index in [1.165, 1.54) is 4.90 Å². The van der Waals surface area contributed by atoms with Gasteiger partial charge in [0.1, 0.15) is 29.9 Å². The van der Waals surface area contributed by atoms with Crippen LogP contribution in [0.4, 0.5) is 5.69 Å². The number of ether oxygens (including phenoxy) is 3. The molecule has 0 saturated carbocycles. The largest absolute Gasteiger partial charge is 0.497 e. The van der Waals surface area contributed by atoms with Crippen molar-refractivity contribution in [3.8, 4) is 17.2 Å². The molecule has 0 saturated heterocycles. The van der Waals surface area contributed by atoms with Gasteiger partial charge in [-0.2, -0.15) is 0 Å². The van der Waals surface area contributed by atoms with Gasteiger partial charge in [0.25, 0.3) is 5.91 Å². The fraction of sp³-hybridized carbons (Fsp3) is 0.364. The van der Waals surface area contributed by atoms with Crippen LogP contribution in [0.15, 0.2) is 48.5 Å². The Balaban J connectivity index is 1.61. The first-order chi connectivity index (χ1) is 13.9. The number of methoxy groups -OCH3 is 1. The van der Waals surface area contributed by atoms with E-state index < -0.39 is 12.1 Å². The summed E-state index contributed by atoms with van der Waals surface area (Å²) in [4.78, 5) is 27.0. The van der Waals surface area contributed by atoms with Crippen molar-refractivity contribution >= 4 is 17.5 Å². The third-order valence-corrected chi connectivity index (χ3v) is 4.73. The van der Waals surface area contributed by atoms with Gasteiger partial charge in [0.2, 0.25) is 5.91 Å². The molecule has 29 heavy (non-hydrogen) atoms. The number of hydrogen-bond donors (Lipinski definition) is 1. The number of anilines is 1. The first-order valence-electron chi connectivity index (χ1n) is 9.56. The highest BCUT2D eigenvalue weighted by atomic mass is 16.5. The molecule has 7 nitrogen and oxygen atoms in total. The van der Waals surface area contributed by atoms with Crippen molar-refractivity contribution in [1.29, 1.82) is 0 Å². The van der Waals surface area contributed by atoms with E-state index in [4.69, 9.17) is 14.2 Å². The molecule has 7 heteroatoms. The molecular weight excluding hydrogens is 372 g/mol. The third-order valence-electron chi connectivity index (χ3n) is 4.73. The lowest BCUT2D eigenvalue weighted by Gasteiger charge is -2.36. The van der Waals surface area contributed by atoms with E-state index in [1.807, 2.05) is 31.2 Å². The SMILES string of the molecule is COc1ccc(OC[C@H](C)NC(=O)[C@@H](C)N2C(=O)[C@H](C)Oc3ccccc32)cc1. The van der Waals surface area contributed by atoms with Crippen molar-refractivity contribution in [1.82, 2.24) is 5.32 Å². The third kappa shape index (κ3) is 4.62. The summed E-state index contributed by atoms with van der Waals surface area (Å²) in [6.45, 7) is 5.54. The Labute approximate surface area is 170 Å². The van der Waals surface area contributed by atoms with Gasteiger partial charge in [-0.3, -0.25) is 14.5 Å². The molecule has 0 fully saturated rings. The average molecular weight is 398 g/mol. The minimum Gasteiger partial charge on any atom is -0.497 e. The molecule has 2 amide bonds. The van der Waals surface area contributed by atoms with E-state index >= 15 is 0 Å². The van der Waals surface area contributed by atoms with Crippen molar-refractivity contribution in [3.63, 3.8) is 0 Å². The second-order valence-corrected chi connectivity index (χ2v) is 7.01. The molecular formula is C22H26N2O5. The summed E-state index contributed by atoms with van der Waals surface area (Å²) in [6, 6.07) is 13.5. The number of amides is 2. The van der Waals surface area contributed by atoms with Crippen LogP contribution in [0.3, 0.4) is 0 Å². The smallest absolute Gasteiger partial charge is 0.268 e. The molecule has 2 aromatic rings. The summed E-state index contributed by atoms with van der Waals surface area (Å²) in [5.74, 6) is 1.53. The fourth-order valence-corrected chi connectivity index (χ4v) is 3.13. The molecule has 1 aliphatic heterocycles. The van der Waals surface area contributed by atoms with Gasteiger partial charge in [0.05, 0.1) is 18.8 Å². The molecule has 0 aliphatic carbocycles. The van der Waals surface area contributed by atoms with E-state index in [2.05, 4.69) is 5.32 Å². The van der Waals surface area contributed by atoms with Crippen LogP contribution >= 0.6 is 0 Å². The number of carbonyl (C=O) groups excluding carboxylic acids is 2. The van der Waals surface area contributed by atoms with Gasteiger partial charge in [-0.1, -0.05) is 12.1 Å². The van der Waals surface area contributed by atoms with E-state index in [9.17, 15) is 9.59 Å². The van der Waals surface area contributed by atoms with E-state index in [1.54, 1.807) is 45.2 Å². The van der Waals surface area contributed by atoms with Gasteiger partial charge < -0.3 is 19.5 Å². The molecule has 0 radical (unpaired) electrons. The Morgan fingerprint density at radius 3 is 2.48 bits per heavy atom. The Hall–Kier alpha value is -3.22. The predicted molar refractivity (Wildman–Crippen MR) is 110 cm³/mol. The van der Waals surface area contributed by atoms with E-state index in [0.29, 0.717) is 23.8 Å². The van der Waals surface area contributed by atoms with Crippen LogP contribution in [0.5, 0.6) is 17.2 Å². The van der Waals surface area contributed by atoms with E-state index in [-0.39, 0.29) is 17.9 Å². The number of benzene rings is 2. The number of fused-ring (bicyclic) bond motifs is 1. The number of hydrogen-bond acceptors (Lipinski definition) is 5. The molecule has 0 unspecified atom stereocenters. The zero-order chi connectivity index (χ0) is 21.0. The minimum atomic E-state index is -0.682. The molecule has 0 bridgehead atoms. The second kappa shape index (κ2) is 8.86. The number of para-hydroxylation sites is 2. The number of nitrogens with one attached hydrogen (secondary N) is 1. The molecule has 1 heterocycles. The predicted octanol–water partition coefficient (Wildman–Crippen LogP) is 2.78. The normalized spacial score (nSPS) is 17.6. The topological polar surface area (TPSA) is 77.1 Å². The Kier molecular flexibility index (Phi) is 6.26. The van der Waals surface area contributed by atoms with Crippen LogP contribution in [-0.2, 0) is 9.59 Å². The first kappa shape index (κ1) is 20.5. The summed E-state index contributed by atoms with van der Waals surface area (Å²) >= 11 is 0. The summed E-state index contributed by atoms with van der Waals surface area (Å²) < 4.78 is 16.5. The molecule has 0 aromatic heterocycles. The van der Waals surface area contributed by atoms with Crippen molar-refractivity contribution in [2.24, 2.45) is 0 Å². The Bertz CT molecular complexity index is 868. The Morgan fingerprint density at radius 2 is 1.79 bits per heavy atom. The maximum atomic E-state index is 12.8. The van der Waals surface area contributed by atoms with Crippen molar-refractivity contribution in [2.45, 2.75) is 39.0 Å². The Morgan fingerprint density at radius 1 is 1.14 bits per heavy atom. The lowest BCUT2D eigenvalue weighted by molar-refractivity contribution is -0.130. The standard InChI is InChI=1S/C22H26N2O5/c1-14(13-28-18-11-9-17(27-4)10-12-18)23-21(25)15(2)24-19-7-5-6-8-20(19)29-16(3)22(24)26/h5-12,14-16H,13H2,1-4H3,(H,23,25)/t14-,15+,16-/m0/s1. The quantitative estimate of drug-likeness (QED) is 0.776. The van der Waals surface area contributed by atoms with Gasteiger partial charge in [-0.05, 0) is 57.2 Å². The zero-order valence-corrected chi connectivity index (χ0v) is 17.0. The summed E-state index contributed by atoms with van der Waals surface area (Å²) in [6.07, 6.45) is -0.643. The lowest BCUT2D eigenvalue weighted by atomic mass is 10.1. The molecule has 1 aliphatic rings. The summed E-state index contributed by atoms with van der Waals surface area (Å²) in [5.41, 5.74) is 0.598. The minimum absolute atomic E-state index is 0.240. The van der Waals surface area contributed by atoms with Gasteiger partial charge >= 0.3 is 0 Å². The van der Waals surface area contributed by atoms with Crippen molar-refractivity contribution in [2.75, 3.05) is 18.6 Å². The van der Waals surface area contributed by atoms with E-state index in [0.717, 1.165) is 5.75 Å². The number of rotatable bonds is 7. The highest BCUT2D eigenvalue weighted by Crippen LogP contribution is 2.35. The highest BCUT2D eigenvalue weighted by Gasteiger charge is 2.37. The maximum Gasteiger partial charge on any atom is 0.268 e. The zero-order valence-electron chi connectivity index (χ0n) is 17.0. The van der Waals surface area contributed by atoms with Crippen molar-refractivity contribution < 1.29 is 23.8 Å². The summed E-state index contributed by atoms with van der Waals surface area (Å²) in [5, 5.41) is 2.91. The van der Waals surface area contributed by atoms with Crippen LogP contribution < -0.4 is 24.4 Å². The number of nitrogens with zero attached hydrogens (tertiary/aromatic N) is 1. The van der Waals surface area contributed by atoms with Gasteiger partial charge in [-0.15, -0.1) is 0 Å². The highest BCUT2D eigenvalue weighted by molar-refractivity contribution is 6.05. The molecule has 154 valence electrons.